The van der Waals surface area contributed by atoms with Gasteiger partial charge in [0, 0.05) is 30.3 Å². The fourth-order valence-electron chi connectivity index (χ4n) is 2.81. The van der Waals surface area contributed by atoms with Gasteiger partial charge in [0.1, 0.15) is 0 Å². The van der Waals surface area contributed by atoms with Crippen molar-refractivity contribution in [1.82, 2.24) is 9.80 Å². The van der Waals surface area contributed by atoms with Gasteiger partial charge in [-0.2, -0.15) is 0 Å². The zero-order valence-corrected chi connectivity index (χ0v) is 10.6. The van der Waals surface area contributed by atoms with Crippen LogP contribution in [-0.2, 0) is 19.2 Å². The summed E-state index contributed by atoms with van der Waals surface area (Å²) in [5.74, 6) is -2.00. The smallest absolute Gasteiger partial charge is 0.260 e. The molecule has 6 nitrogen and oxygen atoms in total. The van der Waals surface area contributed by atoms with Gasteiger partial charge in [-0.25, -0.2) is 0 Å². The molecule has 0 aromatic carbocycles. The normalized spacial score (nSPS) is 26.2. The summed E-state index contributed by atoms with van der Waals surface area (Å²) in [5.41, 5.74) is 0.945. The van der Waals surface area contributed by atoms with Crippen LogP contribution in [0.25, 0.3) is 0 Å². The maximum absolute atomic E-state index is 12.1. The van der Waals surface area contributed by atoms with E-state index in [-0.39, 0.29) is 29.7 Å². The molecule has 0 N–H and O–H groups in total. The summed E-state index contributed by atoms with van der Waals surface area (Å²) >= 11 is 0. The average molecular weight is 260 g/mol. The lowest BCUT2D eigenvalue weighted by molar-refractivity contribution is -0.138. The molecular weight excluding hydrogens is 248 g/mol. The zero-order chi connectivity index (χ0) is 13.9. The number of likely N-dealkylation sites (tertiary alicyclic amines) is 1. The zero-order valence-electron chi connectivity index (χ0n) is 10.6. The Balaban J connectivity index is 2.08. The summed E-state index contributed by atoms with van der Waals surface area (Å²) in [6.07, 6.45) is 1.57. The molecule has 1 atom stereocenters. The number of fused-ring (bicyclic) bond motifs is 1. The van der Waals surface area contributed by atoms with Gasteiger partial charge in [0.25, 0.3) is 17.7 Å². The molecule has 6 heteroatoms. The van der Waals surface area contributed by atoms with Crippen LogP contribution in [0.15, 0.2) is 22.8 Å². The van der Waals surface area contributed by atoms with Gasteiger partial charge in [0.05, 0.1) is 5.92 Å². The highest BCUT2D eigenvalue weighted by molar-refractivity contribution is 6.24. The van der Waals surface area contributed by atoms with Crippen molar-refractivity contribution in [2.24, 2.45) is 5.92 Å². The minimum Gasteiger partial charge on any atom is -0.279 e. The molecule has 19 heavy (non-hydrogen) atoms. The van der Waals surface area contributed by atoms with Crippen molar-refractivity contribution >= 4 is 23.6 Å². The minimum absolute atomic E-state index is 0.150. The highest BCUT2D eigenvalue weighted by Crippen LogP contribution is 2.39. The topological polar surface area (TPSA) is 74.8 Å². The molecule has 3 rings (SSSR count). The standard InChI is InChI=1S/C13H12N2O4/c1-3-15-12(18)8-4-6-7(5-9(8)13(15)19)11(17)14(2)10(6)16/h4,9H,3,5H2,1-2H3. The van der Waals surface area contributed by atoms with E-state index in [4.69, 9.17) is 0 Å². The van der Waals surface area contributed by atoms with Gasteiger partial charge in [-0.3, -0.25) is 29.0 Å². The minimum atomic E-state index is -0.602. The number of hydrogen-bond acceptors (Lipinski definition) is 4. The summed E-state index contributed by atoms with van der Waals surface area (Å²) in [6, 6.07) is 0. The van der Waals surface area contributed by atoms with Crippen LogP contribution >= 0.6 is 0 Å². The van der Waals surface area contributed by atoms with Crippen molar-refractivity contribution in [3.05, 3.63) is 22.8 Å². The van der Waals surface area contributed by atoms with Crippen LogP contribution in [0.1, 0.15) is 13.3 Å². The van der Waals surface area contributed by atoms with Crippen LogP contribution in [-0.4, -0.2) is 47.0 Å². The first-order chi connectivity index (χ1) is 8.97. The van der Waals surface area contributed by atoms with E-state index in [2.05, 4.69) is 0 Å². The Labute approximate surface area is 109 Å². The molecule has 1 fully saturated rings. The highest BCUT2D eigenvalue weighted by Gasteiger charge is 2.48. The number of amides is 4. The van der Waals surface area contributed by atoms with Crippen molar-refractivity contribution in [2.75, 3.05) is 13.6 Å². The summed E-state index contributed by atoms with van der Waals surface area (Å²) in [4.78, 5) is 50.1. The average Bonchev–Trinajstić information content (AvgIpc) is 2.77. The molecule has 0 radical (unpaired) electrons. The molecule has 0 bridgehead atoms. The third-order valence-electron chi connectivity index (χ3n) is 3.88. The highest BCUT2D eigenvalue weighted by atomic mass is 16.2. The Kier molecular flexibility index (Phi) is 2.26. The lowest BCUT2D eigenvalue weighted by Crippen LogP contribution is -2.31. The maximum atomic E-state index is 12.1. The van der Waals surface area contributed by atoms with Crippen LogP contribution in [0.5, 0.6) is 0 Å². The Morgan fingerprint density at radius 3 is 2.47 bits per heavy atom. The molecule has 2 heterocycles. The van der Waals surface area contributed by atoms with Gasteiger partial charge < -0.3 is 0 Å². The van der Waals surface area contributed by atoms with Crippen molar-refractivity contribution in [2.45, 2.75) is 13.3 Å². The first kappa shape index (κ1) is 11.8. The van der Waals surface area contributed by atoms with Crippen LogP contribution in [0, 0.1) is 5.92 Å². The molecule has 1 aliphatic carbocycles. The SMILES string of the molecule is CCN1C(=O)C2=CC3=C(CC2C1=O)C(=O)N(C)C3=O. The lowest BCUT2D eigenvalue weighted by Gasteiger charge is -2.13. The Hall–Kier alpha value is -2.24. The molecule has 0 saturated carbocycles. The second kappa shape index (κ2) is 3.63. The lowest BCUT2D eigenvalue weighted by atomic mass is 9.85. The predicted molar refractivity (Wildman–Crippen MR) is 63.4 cm³/mol. The van der Waals surface area contributed by atoms with Crippen LogP contribution < -0.4 is 0 Å². The van der Waals surface area contributed by atoms with Crippen LogP contribution in [0.2, 0.25) is 0 Å². The first-order valence-electron chi connectivity index (χ1n) is 6.10. The van der Waals surface area contributed by atoms with Crippen molar-refractivity contribution in [1.29, 1.82) is 0 Å². The molecule has 1 unspecified atom stereocenters. The first-order valence-corrected chi connectivity index (χ1v) is 6.10. The summed E-state index contributed by atoms with van der Waals surface area (Å²) < 4.78 is 0. The summed E-state index contributed by atoms with van der Waals surface area (Å²) in [5, 5.41) is 0. The molecule has 2 aliphatic heterocycles. The molecular formula is C13H12N2O4. The number of carbonyl (C=O) groups excluding carboxylic acids is 4. The van der Waals surface area contributed by atoms with E-state index in [1.54, 1.807) is 6.92 Å². The monoisotopic (exact) mass is 260 g/mol. The summed E-state index contributed by atoms with van der Waals surface area (Å²) in [6.45, 7) is 2.02. The van der Waals surface area contributed by atoms with E-state index in [0.717, 1.165) is 9.80 Å². The Morgan fingerprint density at radius 1 is 1.16 bits per heavy atom. The number of rotatable bonds is 1. The van der Waals surface area contributed by atoms with E-state index in [9.17, 15) is 19.2 Å². The van der Waals surface area contributed by atoms with E-state index in [1.807, 2.05) is 0 Å². The van der Waals surface area contributed by atoms with E-state index < -0.39 is 11.8 Å². The molecule has 0 aromatic rings. The van der Waals surface area contributed by atoms with Gasteiger partial charge in [0.15, 0.2) is 0 Å². The van der Waals surface area contributed by atoms with Crippen LogP contribution in [0.3, 0.4) is 0 Å². The number of carbonyl (C=O) groups is 4. The third kappa shape index (κ3) is 1.31. The van der Waals surface area contributed by atoms with Gasteiger partial charge in [-0.15, -0.1) is 0 Å². The van der Waals surface area contributed by atoms with Gasteiger partial charge in [-0.1, -0.05) is 0 Å². The Morgan fingerprint density at radius 2 is 1.84 bits per heavy atom. The second-order valence-corrected chi connectivity index (χ2v) is 4.81. The van der Waals surface area contributed by atoms with Crippen molar-refractivity contribution < 1.29 is 19.2 Å². The molecule has 0 spiro atoms. The number of hydrogen-bond donors (Lipinski definition) is 0. The van der Waals surface area contributed by atoms with Crippen molar-refractivity contribution in [3.63, 3.8) is 0 Å². The third-order valence-corrected chi connectivity index (χ3v) is 3.88. The van der Waals surface area contributed by atoms with E-state index in [0.29, 0.717) is 17.7 Å². The van der Waals surface area contributed by atoms with E-state index >= 15 is 0 Å². The number of imide groups is 2. The quantitative estimate of drug-likeness (QED) is 0.602. The number of likely N-dealkylation sites (N-methyl/N-ethyl adjacent to an activating group) is 2. The largest absolute Gasteiger partial charge is 0.279 e. The fourth-order valence-corrected chi connectivity index (χ4v) is 2.81. The summed E-state index contributed by atoms with van der Waals surface area (Å²) in [7, 11) is 1.40. The van der Waals surface area contributed by atoms with E-state index in [1.165, 1.54) is 13.1 Å². The molecule has 0 aromatic heterocycles. The Bertz CT molecular complexity index is 614. The van der Waals surface area contributed by atoms with Crippen molar-refractivity contribution in [3.8, 4) is 0 Å². The van der Waals surface area contributed by atoms with Crippen LogP contribution in [0.4, 0.5) is 0 Å². The molecule has 1 saturated heterocycles. The maximum Gasteiger partial charge on any atom is 0.260 e. The second-order valence-electron chi connectivity index (χ2n) is 4.81. The van der Waals surface area contributed by atoms with Gasteiger partial charge in [0.2, 0.25) is 5.91 Å². The van der Waals surface area contributed by atoms with Gasteiger partial charge in [-0.05, 0) is 19.4 Å². The predicted octanol–water partition coefficient (Wildman–Crippen LogP) is -0.383. The molecule has 98 valence electrons. The number of nitrogens with zero attached hydrogens (tertiary/aromatic N) is 2. The molecule has 4 amide bonds. The fraction of sp³-hybridized carbons (Fsp3) is 0.385. The molecule has 3 aliphatic rings. The van der Waals surface area contributed by atoms with Gasteiger partial charge >= 0.3 is 0 Å².